The number of hydrogen-bond donors (Lipinski definition) is 4. The number of hydrogen-bond acceptors (Lipinski definition) is 6. The fourth-order valence-electron chi connectivity index (χ4n) is 3.24. The Balaban J connectivity index is 2.24. The Bertz CT molecular complexity index is 1030. The first-order chi connectivity index (χ1) is 15.5. The molecule has 0 bridgehead atoms. The lowest BCUT2D eigenvalue weighted by atomic mass is 9.78. The number of allylic oxidation sites excluding steroid dienone is 1. The Morgan fingerprint density at radius 1 is 1.15 bits per heavy atom. The lowest BCUT2D eigenvalue weighted by molar-refractivity contribution is -0.124. The molecule has 0 saturated heterocycles. The standard InChI is InChI=1S/C24H27IN2O6/c1-15(28)16-7-10-18(11-8-16)26-23(31)33-22(19-14-17(25)9-12-20(19)29)24(2,3)13-5-4-6-21(30)27-32/h4,6-12,14,22,29,32H,5,13H2,1-3H3,(H,26,31)(H,27,30)/b6-4+/t22-/m0/s1. The van der Waals surface area contributed by atoms with Crippen molar-refractivity contribution in [3.05, 3.63) is 69.3 Å². The Labute approximate surface area is 206 Å². The van der Waals surface area contributed by atoms with Crippen LogP contribution in [0.3, 0.4) is 0 Å². The highest BCUT2D eigenvalue weighted by Crippen LogP contribution is 2.44. The quantitative estimate of drug-likeness (QED) is 0.107. The van der Waals surface area contributed by atoms with E-state index in [2.05, 4.69) is 27.9 Å². The summed E-state index contributed by atoms with van der Waals surface area (Å²) < 4.78 is 6.66. The van der Waals surface area contributed by atoms with Crippen molar-refractivity contribution in [3.8, 4) is 5.75 Å². The number of ether oxygens (including phenoxy) is 1. The zero-order valence-corrected chi connectivity index (χ0v) is 20.8. The summed E-state index contributed by atoms with van der Waals surface area (Å²) in [5.74, 6) is -0.709. The molecule has 2 aromatic carbocycles. The van der Waals surface area contributed by atoms with Crippen molar-refractivity contribution in [1.82, 2.24) is 5.48 Å². The summed E-state index contributed by atoms with van der Waals surface area (Å²) >= 11 is 2.12. The van der Waals surface area contributed by atoms with Gasteiger partial charge in [0.1, 0.15) is 11.9 Å². The predicted octanol–water partition coefficient (Wildman–Crippen LogP) is 5.36. The summed E-state index contributed by atoms with van der Waals surface area (Å²) in [6.07, 6.45) is 2.29. The highest BCUT2D eigenvalue weighted by molar-refractivity contribution is 14.1. The van der Waals surface area contributed by atoms with Gasteiger partial charge >= 0.3 is 6.09 Å². The van der Waals surface area contributed by atoms with Gasteiger partial charge in [0.2, 0.25) is 0 Å². The zero-order chi connectivity index (χ0) is 24.6. The van der Waals surface area contributed by atoms with Gasteiger partial charge in [-0.2, -0.15) is 0 Å². The summed E-state index contributed by atoms with van der Waals surface area (Å²) in [4.78, 5) is 35.3. The molecule has 8 nitrogen and oxygen atoms in total. The molecule has 2 aromatic rings. The van der Waals surface area contributed by atoms with E-state index in [4.69, 9.17) is 9.94 Å². The summed E-state index contributed by atoms with van der Waals surface area (Å²) in [5, 5.41) is 21.7. The SMILES string of the molecule is CC(=O)c1ccc(NC(=O)O[C@@H](c2cc(I)ccc2O)C(C)(C)CC/C=C/C(=O)NO)cc1. The van der Waals surface area contributed by atoms with Gasteiger partial charge in [-0.3, -0.25) is 20.1 Å². The van der Waals surface area contributed by atoms with E-state index in [1.807, 2.05) is 13.8 Å². The third-order valence-electron chi connectivity index (χ3n) is 5.08. The maximum absolute atomic E-state index is 12.7. The molecule has 0 aliphatic heterocycles. The summed E-state index contributed by atoms with van der Waals surface area (Å²) in [5.41, 5.74) is 2.36. The minimum absolute atomic E-state index is 0.00213. The molecule has 2 amide bonds. The number of benzene rings is 2. The average Bonchev–Trinajstić information content (AvgIpc) is 2.77. The number of phenols is 1. The zero-order valence-electron chi connectivity index (χ0n) is 18.6. The van der Waals surface area contributed by atoms with Crippen molar-refractivity contribution in [2.24, 2.45) is 5.41 Å². The second-order valence-electron chi connectivity index (χ2n) is 8.15. The van der Waals surface area contributed by atoms with E-state index in [9.17, 15) is 19.5 Å². The number of amides is 2. The topological polar surface area (TPSA) is 125 Å². The number of ketones is 1. The molecule has 0 heterocycles. The van der Waals surface area contributed by atoms with Gasteiger partial charge in [0.25, 0.3) is 5.91 Å². The third-order valence-corrected chi connectivity index (χ3v) is 5.75. The van der Waals surface area contributed by atoms with Crippen molar-refractivity contribution in [2.75, 3.05) is 5.32 Å². The minimum atomic E-state index is -0.802. The van der Waals surface area contributed by atoms with Crippen LogP contribution >= 0.6 is 22.6 Å². The van der Waals surface area contributed by atoms with Crippen LogP contribution in [0.2, 0.25) is 0 Å². The van der Waals surface area contributed by atoms with Crippen LogP contribution in [0.4, 0.5) is 10.5 Å². The number of anilines is 1. The maximum Gasteiger partial charge on any atom is 0.412 e. The van der Waals surface area contributed by atoms with Crippen LogP contribution in [0.5, 0.6) is 5.75 Å². The van der Waals surface area contributed by atoms with Gasteiger partial charge in [-0.25, -0.2) is 10.3 Å². The smallest absolute Gasteiger partial charge is 0.412 e. The monoisotopic (exact) mass is 566 g/mol. The second-order valence-corrected chi connectivity index (χ2v) is 9.40. The molecular formula is C24H27IN2O6. The third kappa shape index (κ3) is 7.86. The fraction of sp³-hybridized carbons (Fsp3) is 0.292. The Morgan fingerprint density at radius 2 is 1.82 bits per heavy atom. The van der Waals surface area contributed by atoms with Crippen LogP contribution in [0.25, 0.3) is 0 Å². The average molecular weight is 566 g/mol. The van der Waals surface area contributed by atoms with E-state index in [0.29, 0.717) is 29.7 Å². The van der Waals surface area contributed by atoms with Crippen molar-refractivity contribution < 1.29 is 29.4 Å². The normalized spacial score (nSPS) is 12.3. The summed E-state index contributed by atoms with van der Waals surface area (Å²) in [6, 6.07) is 11.5. The van der Waals surface area contributed by atoms with Crippen molar-refractivity contribution >= 4 is 46.1 Å². The largest absolute Gasteiger partial charge is 0.508 e. The molecule has 0 aliphatic carbocycles. The number of Topliss-reactive ketones (excluding diaryl/α,β-unsaturated/α-hetero) is 1. The first-order valence-corrected chi connectivity index (χ1v) is 11.3. The molecule has 0 radical (unpaired) electrons. The number of aromatic hydroxyl groups is 1. The summed E-state index contributed by atoms with van der Waals surface area (Å²) in [7, 11) is 0. The molecule has 2 rings (SSSR count). The number of nitrogens with one attached hydrogen (secondary N) is 2. The van der Waals surface area contributed by atoms with Gasteiger partial charge in [0.15, 0.2) is 5.78 Å². The molecule has 0 unspecified atom stereocenters. The lowest BCUT2D eigenvalue weighted by Crippen LogP contribution is -2.29. The number of carbonyl (C=O) groups is 3. The molecule has 0 spiro atoms. The number of carbonyl (C=O) groups excluding carboxylic acids is 3. The van der Waals surface area contributed by atoms with Crippen LogP contribution in [0, 0.1) is 8.99 Å². The molecule has 0 fully saturated rings. The van der Waals surface area contributed by atoms with Crippen LogP contribution < -0.4 is 10.8 Å². The fourth-order valence-corrected chi connectivity index (χ4v) is 3.75. The van der Waals surface area contributed by atoms with E-state index < -0.39 is 23.5 Å². The van der Waals surface area contributed by atoms with E-state index >= 15 is 0 Å². The van der Waals surface area contributed by atoms with Gasteiger partial charge in [0, 0.05) is 31.9 Å². The van der Waals surface area contributed by atoms with E-state index in [-0.39, 0.29) is 11.5 Å². The molecule has 4 N–H and O–H groups in total. The first kappa shape index (κ1) is 26.3. The number of halogens is 1. The summed E-state index contributed by atoms with van der Waals surface area (Å²) in [6.45, 7) is 5.25. The van der Waals surface area contributed by atoms with E-state index in [1.54, 1.807) is 48.5 Å². The molecule has 0 aliphatic rings. The van der Waals surface area contributed by atoms with Gasteiger partial charge < -0.3 is 9.84 Å². The van der Waals surface area contributed by atoms with Crippen molar-refractivity contribution in [1.29, 1.82) is 0 Å². The first-order valence-electron chi connectivity index (χ1n) is 10.2. The van der Waals surface area contributed by atoms with Crippen LogP contribution in [-0.4, -0.2) is 28.1 Å². The van der Waals surface area contributed by atoms with Crippen LogP contribution in [-0.2, 0) is 9.53 Å². The van der Waals surface area contributed by atoms with Gasteiger partial charge in [-0.15, -0.1) is 0 Å². The molecule has 9 heteroatoms. The van der Waals surface area contributed by atoms with Crippen LogP contribution in [0.1, 0.15) is 55.6 Å². The lowest BCUT2D eigenvalue weighted by Gasteiger charge is -2.34. The number of phenolic OH excluding ortho intramolecular Hbond substituents is 1. The predicted molar refractivity (Wildman–Crippen MR) is 132 cm³/mol. The maximum atomic E-state index is 12.7. The Kier molecular flexibility index (Phi) is 9.42. The minimum Gasteiger partial charge on any atom is -0.508 e. The van der Waals surface area contributed by atoms with E-state index in [0.717, 1.165) is 3.57 Å². The molecule has 0 aromatic heterocycles. The molecule has 1 atom stereocenters. The Hall–Kier alpha value is -2.92. The van der Waals surface area contributed by atoms with Gasteiger partial charge in [-0.1, -0.05) is 19.9 Å². The highest BCUT2D eigenvalue weighted by atomic mass is 127. The van der Waals surface area contributed by atoms with Gasteiger partial charge in [-0.05, 0) is 84.8 Å². The van der Waals surface area contributed by atoms with Crippen molar-refractivity contribution in [2.45, 2.75) is 39.7 Å². The van der Waals surface area contributed by atoms with Crippen molar-refractivity contribution in [3.63, 3.8) is 0 Å². The Morgan fingerprint density at radius 3 is 2.42 bits per heavy atom. The second kappa shape index (κ2) is 11.8. The molecule has 33 heavy (non-hydrogen) atoms. The number of rotatable bonds is 9. The highest BCUT2D eigenvalue weighted by Gasteiger charge is 2.35. The molecule has 0 saturated carbocycles. The molecule has 176 valence electrons. The molecular weight excluding hydrogens is 539 g/mol. The number of hydroxylamine groups is 1. The van der Waals surface area contributed by atoms with Crippen LogP contribution in [0.15, 0.2) is 54.6 Å². The van der Waals surface area contributed by atoms with Gasteiger partial charge in [0.05, 0.1) is 0 Å². The van der Waals surface area contributed by atoms with E-state index in [1.165, 1.54) is 18.5 Å².